The molecule has 0 aromatic heterocycles. The van der Waals surface area contributed by atoms with Crippen molar-refractivity contribution >= 4 is 33.5 Å². The number of unbranched alkanes of at least 4 members (excludes halogenated alkanes) is 10. The van der Waals surface area contributed by atoms with Crippen molar-refractivity contribution in [2.45, 2.75) is 135 Å². The van der Waals surface area contributed by atoms with Crippen LogP contribution >= 0.6 is 0 Å². The van der Waals surface area contributed by atoms with Crippen molar-refractivity contribution in [2.24, 2.45) is 0 Å². The molecule has 1 atom stereocenters. The molecule has 0 bridgehead atoms. The van der Waals surface area contributed by atoms with Gasteiger partial charge in [-0.15, -0.1) is 0 Å². The number of carbonyl (C=O) groups is 4. The van der Waals surface area contributed by atoms with Gasteiger partial charge in [-0.1, -0.05) is 64.2 Å². The van der Waals surface area contributed by atoms with Gasteiger partial charge in [-0.05, 0) is 25.7 Å². The van der Waals surface area contributed by atoms with Gasteiger partial charge < -0.3 is 19.6 Å². The number of hydrogen-bond acceptors (Lipinski definition) is 6. The molecule has 3 N–H and O–H groups in total. The summed E-state index contributed by atoms with van der Waals surface area (Å²) in [5.41, 5.74) is 0. The number of Topliss-reactive ketones (excluding diaryl/α,β-unsaturated/α-hetero) is 2. The minimum absolute atomic E-state index is 0.0465. The predicted octanol–water partition coefficient (Wildman–Crippen LogP) is 4.83. The Balaban J connectivity index is 3.84. The second-order valence-electron chi connectivity index (χ2n) is 14.9. The second kappa shape index (κ2) is 25.1. The summed E-state index contributed by atoms with van der Waals surface area (Å²) >= 11 is 0. The summed E-state index contributed by atoms with van der Waals surface area (Å²) in [6.45, 7) is 7.13. The van der Waals surface area contributed by atoms with Crippen LogP contribution in [0.5, 0.6) is 0 Å². The zero-order valence-electron chi connectivity index (χ0n) is 30.7. The Hall–Kier alpha value is -1.89. The summed E-state index contributed by atoms with van der Waals surface area (Å²) in [6.07, 6.45) is 14.6. The number of nitrogens with one attached hydrogen (secondary N) is 2. The topological polar surface area (TPSA) is 147 Å². The predicted molar refractivity (Wildman–Crippen MR) is 190 cm³/mol. The Kier molecular flexibility index (Phi) is 24.1. The number of rotatable bonds is 31. The highest BCUT2D eigenvalue weighted by Gasteiger charge is 2.22. The van der Waals surface area contributed by atoms with Crippen LogP contribution in [0.3, 0.4) is 0 Å². The summed E-state index contributed by atoms with van der Waals surface area (Å²) in [5, 5.41) is 5.22. The van der Waals surface area contributed by atoms with Crippen molar-refractivity contribution in [1.29, 1.82) is 0 Å². The number of quaternary nitrogens is 2. The molecule has 11 nitrogen and oxygen atoms in total. The Bertz CT molecular complexity index is 1020. The molecule has 0 aromatic rings. The van der Waals surface area contributed by atoms with Gasteiger partial charge in [0.2, 0.25) is 11.8 Å². The maximum absolute atomic E-state index is 12.1. The number of ketones is 2. The van der Waals surface area contributed by atoms with E-state index in [1.165, 1.54) is 0 Å². The van der Waals surface area contributed by atoms with E-state index in [9.17, 15) is 32.1 Å². The first-order valence-corrected chi connectivity index (χ1v) is 19.6. The first-order chi connectivity index (χ1) is 21.9. The molecule has 0 spiro atoms. The molecule has 0 aliphatic heterocycles. The second-order valence-corrected chi connectivity index (χ2v) is 16.6. The third kappa shape index (κ3) is 28.8. The zero-order chi connectivity index (χ0) is 35.8. The lowest BCUT2D eigenvalue weighted by atomic mass is 10.0. The number of carbonyl (C=O) groups excluding carboxylic acids is 4. The monoisotopic (exact) mass is 690 g/mol. The highest BCUT2D eigenvalue weighted by Crippen LogP contribution is 2.19. The van der Waals surface area contributed by atoms with Crippen LogP contribution in [0.4, 0.5) is 0 Å². The third-order valence-corrected chi connectivity index (χ3v) is 9.92. The highest BCUT2D eigenvalue weighted by atomic mass is 32.2. The maximum Gasteiger partial charge on any atom is 0.267 e. The molecule has 12 heteroatoms. The molecule has 1 unspecified atom stereocenters. The van der Waals surface area contributed by atoms with Crippen LogP contribution in [0.2, 0.25) is 0 Å². The molecular formula is C35H70N4O7S+2. The van der Waals surface area contributed by atoms with Crippen LogP contribution in [0.15, 0.2) is 0 Å². The highest BCUT2D eigenvalue weighted by molar-refractivity contribution is 7.86. The van der Waals surface area contributed by atoms with Gasteiger partial charge in [0.05, 0.1) is 46.5 Å². The molecule has 0 aliphatic carbocycles. The Labute approximate surface area is 286 Å². The number of hydrogen-bond donors (Lipinski definition) is 3. The van der Waals surface area contributed by atoms with Crippen LogP contribution in [-0.2, 0) is 29.3 Å². The normalized spacial score (nSPS) is 12.9. The third-order valence-electron chi connectivity index (χ3n) is 8.61. The molecule has 47 heavy (non-hydrogen) atoms. The summed E-state index contributed by atoms with van der Waals surface area (Å²) in [7, 11) is 4.03. The van der Waals surface area contributed by atoms with E-state index >= 15 is 0 Å². The SMILES string of the molecule is CC(=O)C[N+](C)(C)CCCNC(=O)CCCCCCCCCC(CCCCCCCC(=O)NCCC[N+](C)(C)CC(C)=O)S(=O)(=O)O. The van der Waals surface area contributed by atoms with Crippen molar-refractivity contribution in [3.8, 4) is 0 Å². The number of amides is 2. The first-order valence-electron chi connectivity index (χ1n) is 18.1. The van der Waals surface area contributed by atoms with Crippen LogP contribution < -0.4 is 10.6 Å². The largest absolute Gasteiger partial charge is 0.356 e. The molecule has 0 aliphatic rings. The molecule has 2 amide bonds. The summed E-state index contributed by atoms with van der Waals surface area (Å²) in [6, 6.07) is 0. The average Bonchev–Trinajstić information content (AvgIpc) is 2.93. The van der Waals surface area contributed by atoms with Crippen LogP contribution in [0.25, 0.3) is 0 Å². The van der Waals surface area contributed by atoms with Crippen LogP contribution in [0, 0.1) is 0 Å². The molecule has 0 rings (SSSR count). The van der Waals surface area contributed by atoms with E-state index < -0.39 is 15.4 Å². The fourth-order valence-electron chi connectivity index (χ4n) is 6.18. The fraction of sp³-hybridized carbons (Fsp3) is 0.886. The van der Waals surface area contributed by atoms with Gasteiger partial charge in [0.15, 0.2) is 11.6 Å². The average molecular weight is 691 g/mol. The lowest BCUT2D eigenvalue weighted by molar-refractivity contribution is -0.882. The van der Waals surface area contributed by atoms with Crippen molar-refractivity contribution in [2.75, 3.05) is 67.5 Å². The molecule has 0 heterocycles. The summed E-state index contributed by atoms with van der Waals surface area (Å²) in [5.74, 6) is 0.462. The maximum atomic E-state index is 12.1. The van der Waals surface area contributed by atoms with Gasteiger partial charge in [-0.2, -0.15) is 8.42 Å². The molecule has 0 fully saturated rings. The molecule has 0 radical (unpaired) electrons. The lowest BCUT2D eigenvalue weighted by Gasteiger charge is -2.28. The van der Waals surface area contributed by atoms with Crippen LogP contribution in [0.1, 0.15) is 129 Å². The van der Waals surface area contributed by atoms with E-state index in [0.29, 0.717) is 60.8 Å². The molecular weight excluding hydrogens is 620 g/mol. The van der Waals surface area contributed by atoms with Crippen molar-refractivity contribution < 1.29 is 41.1 Å². The van der Waals surface area contributed by atoms with Gasteiger partial charge >= 0.3 is 0 Å². The Morgan fingerprint density at radius 3 is 1.19 bits per heavy atom. The molecule has 0 saturated carbocycles. The van der Waals surface area contributed by atoms with E-state index in [4.69, 9.17) is 0 Å². The Morgan fingerprint density at radius 1 is 0.553 bits per heavy atom. The molecule has 0 saturated heterocycles. The van der Waals surface area contributed by atoms with E-state index in [0.717, 1.165) is 103 Å². The van der Waals surface area contributed by atoms with Crippen molar-refractivity contribution in [1.82, 2.24) is 10.6 Å². The van der Waals surface area contributed by atoms with E-state index in [2.05, 4.69) is 10.6 Å². The Morgan fingerprint density at radius 2 is 0.872 bits per heavy atom. The zero-order valence-corrected chi connectivity index (χ0v) is 31.6. The minimum Gasteiger partial charge on any atom is -0.356 e. The van der Waals surface area contributed by atoms with Crippen molar-refractivity contribution in [3.05, 3.63) is 0 Å². The van der Waals surface area contributed by atoms with E-state index in [1.54, 1.807) is 13.8 Å². The lowest BCUT2D eigenvalue weighted by Crippen LogP contribution is -2.44. The van der Waals surface area contributed by atoms with Gasteiger partial charge in [0.25, 0.3) is 10.1 Å². The number of likely N-dealkylation sites (N-methyl/N-ethyl adjacent to an activating group) is 2. The van der Waals surface area contributed by atoms with Crippen molar-refractivity contribution in [3.63, 3.8) is 0 Å². The smallest absolute Gasteiger partial charge is 0.267 e. The van der Waals surface area contributed by atoms with Crippen LogP contribution in [-0.4, -0.2) is 118 Å². The molecule has 0 aromatic carbocycles. The quantitative estimate of drug-likeness (QED) is 0.0537. The van der Waals surface area contributed by atoms with E-state index in [1.807, 2.05) is 28.2 Å². The van der Waals surface area contributed by atoms with Gasteiger partial charge in [-0.25, -0.2) is 0 Å². The fourth-order valence-corrected chi connectivity index (χ4v) is 7.11. The number of nitrogens with zero attached hydrogens (tertiary/aromatic N) is 2. The summed E-state index contributed by atoms with van der Waals surface area (Å²) < 4.78 is 34.7. The standard InChI is InChI=1S/C35H68N4O7S/c1-31(40)29-38(3,4)27-19-25-36-34(42)23-17-13-9-7-8-11-15-21-33(47(44,45)46)22-16-12-10-14-18-24-35(43)37-26-20-28-39(5,6)30-32(2)41/h33H,7-30H2,1-6H3,(H-2,36,37,42,43,44,45,46)/p+2. The van der Waals surface area contributed by atoms with Gasteiger partial charge in [-0.3, -0.25) is 23.7 Å². The van der Waals surface area contributed by atoms with Gasteiger partial charge in [0, 0.05) is 52.6 Å². The van der Waals surface area contributed by atoms with Gasteiger partial charge in [0.1, 0.15) is 13.1 Å². The van der Waals surface area contributed by atoms with E-state index in [-0.39, 0.29) is 23.4 Å². The summed E-state index contributed by atoms with van der Waals surface area (Å²) in [4.78, 5) is 46.8. The minimum atomic E-state index is -4.06. The molecule has 276 valence electrons. The first kappa shape index (κ1) is 45.1.